The summed E-state index contributed by atoms with van der Waals surface area (Å²) in [5, 5.41) is 12.1. The number of hydrogen-bond donors (Lipinski definition) is 2. The lowest BCUT2D eigenvalue weighted by atomic mass is 9.90. The van der Waals surface area contributed by atoms with Gasteiger partial charge in [-0.25, -0.2) is 4.79 Å². The maximum Gasteiger partial charge on any atom is 0.329 e. The molecular weight excluding hydrogens is 266 g/mol. The zero-order valence-corrected chi connectivity index (χ0v) is 11.9. The zero-order chi connectivity index (χ0) is 15.1. The average molecular weight is 285 g/mol. The van der Waals surface area contributed by atoms with Crippen LogP contribution < -0.4 is 5.32 Å². The highest BCUT2D eigenvalue weighted by atomic mass is 16.4. The molecule has 1 amide bonds. The van der Waals surface area contributed by atoms with Gasteiger partial charge >= 0.3 is 5.97 Å². The predicted octanol–water partition coefficient (Wildman–Crippen LogP) is 2.33. The molecule has 0 aromatic heterocycles. The number of carboxylic acid groups (broad SMARTS) is 1. The van der Waals surface area contributed by atoms with Crippen LogP contribution in [0.2, 0.25) is 0 Å². The molecule has 0 saturated heterocycles. The van der Waals surface area contributed by atoms with E-state index in [9.17, 15) is 14.7 Å². The minimum Gasteiger partial charge on any atom is -0.480 e. The molecule has 1 aromatic rings. The summed E-state index contributed by atoms with van der Waals surface area (Å²) >= 11 is 0. The molecule has 2 N–H and O–H groups in total. The second-order valence-electron chi connectivity index (χ2n) is 5.37. The third kappa shape index (κ3) is 4.09. The SMILES string of the molecule is O=C(C#Cc1ccccc1)NC1(C(=O)O)CCCCCC1. The third-order valence-electron chi connectivity index (χ3n) is 3.81. The Labute approximate surface area is 124 Å². The fourth-order valence-electron chi connectivity index (χ4n) is 2.62. The Kier molecular flexibility index (Phi) is 4.99. The van der Waals surface area contributed by atoms with Crippen molar-refractivity contribution in [3.63, 3.8) is 0 Å². The van der Waals surface area contributed by atoms with Gasteiger partial charge in [0.2, 0.25) is 0 Å². The molecule has 0 aliphatic heterocycles. The summed E-state index contributed by atoms with van der Waals surface area (Å²) < 4.78 is 0. The summed E-state index contributed by atoms with van der Waals surface area (Å²) in [5.41, 5.74) is -0.420. The summed E-state index contributed by atoms with van der Waals surface area (Å²) in [7, 11) is 0. The van der Waals surface area contributed by atoms with Crippen LogP contribution in [0.25, 0.3) is 0 Å². The zero-order valence-electron chi connectivity index (χ0n) is 11.9. The van der Waals surface area contributed by atoms with Crippen LogP contribution in [-0.4, -0.2) is 22.5 Å². The summed E-state index contributed by atoms with van der Waals surface area (Å²) in [4.78, 5) is 23.5. The third-order valence-corrected chi connectivity index (χ3v) is 3.81. The van der Waals surface area contributed by atoms with Crippen molar-refractivity contribution >= 4 is 11.9 Å². The molecule has 0 unspecified atom stereocenters. The first kappa shape index (κ1) is 15.1. The lowest BCUT2D eigenvalue weighted by molar-refractivity contribution is -0.147. The van der Waals surface area contributed by atoms with Crippen LogP contribution in [-0.2, 0) is 9.59 Å². The van der Waals surface area contributed by atoms with E-state index >= 15 is 0 Å². The normalized spacial score (nSPS) is 17.0. The molecule has 1 aromatic carbocycles. The van der Waals surface area contributed by atoms with Gasteiger partial charge in [-0.2, -0.15) is 0 Å². The molecule has 110 valence electrons. The predicted molar refractivity (Wildman–Crippen MR) is 79.5 cm³/mol. The Bertz CT molecular complexity index is 561. The summed E-state index contributed by atoms with van der Waals surface area (Å²) in [6, 6.07) is 9.16. The van der Waals surface area contributed by atoms with Crippen LogP contribution in [0.5, 0.6) is 0 Å². The molecule has 0 atom stereocenters. The number of amides is 1. The molecule has 1 aliphatic rings. The van der Waals surface area contributed by atoms with Crippen LogP contribution in [0.4, 0.5) is 0 Å². The second kappa shape index (κ2) is 6.94. The van der Waals surface area contributed by atoms with E-state index in [1.165, 1.54) is 0 Å². The van der Waals surface area contributed by atoms with E-state index in [-0.39, 0.29) is 0 Å². The summed E-state index contributed by atoms with van der Waals surface area (Å²) in [6.07, 6.45) is 4.61. The largest absolute Gasteiger partial charge is 0.480 e. The van der Waals surface area contributed by atoms with E-state index in [0.717, 1.165) is 31.2 Å². The van der Waals surface area contributed by atoms with Crippen molar-refractivity contribution in [2.45, 2.75) is 44.1 Å². The molecule has 1 aliphatic carbocycles. The molecule has 21 heavy (non-hydrogen) atoms. The van der Waals surface area contributed by atoms with Gasteiger partial charge in [-0.05, 0) is 25.0 Å². The van der Waals surface area contributed by atoms with E-state index in [2.05, 4.69) is 17.2 Å². The number of rotatable bonds is 2. The van der Waals surface area contributed by atoms with Gasteiger partial charge in [0.25, 0.3) is 5.91 Å². The quantitative estimate of drug-likeness (QED) is 0.647. The number of carboxylic acids is 1. The van der Waals surface area contributed by atoms with Gasteiger partial charge in [0.1, 0.15) is 5.54 Å². The van der Waals surface area contributed by atoms with Gasteiger partial charge in [-0.15, -0.1) is 0 Å². The van der Waals surface area contributed by atoms with Crippen molar-refractivity contribution in [2.75, 3.05) is 0 Å². The molecule has 4 heteroatoms. The Balaban J connectivity index is 2.09. The topological polar surface area (TPSA) is 66.4 Å². The Morgan fingerprint density at radius 3 is 2.24 bits per heavy atom. The number of benzene rings is 1. The van der Waals surface area contributed by atoms with E-state index in [0.29, 0.717) is 12.8 Å². The molecule has 1 saturated carbocycles. The molecule has 1 fully saturated rings. The maximum absolute atomic E-state index is 12.0. The van der Waals surface area contributed by atoms with Crippen molar-refractivity contribution in [3.05, 3.63) is 35.9 Å². The fraction of sp³-hybridized carbons (Fsp3) is 0.412. The molecule has 0 spiro atoms. The van der Waals surface area contributed by atoms with Crippen LogP contribution in [0.1, 0.15) is 44.1 Å². The minimum absolute atomic E-state index is 0.473. The molecule has 2 rings (SSSR count). The van der Waals surface area contributed by atoms with E-state index in [4.69, 9.17) is 0 Å². The van der Waals surface area contributed by atoms with Crippen molar-refractivity contribution in [1.29, 1.82) is 0 Å². The first-order valence-electron chi connectivity index (χ1n) is 7.25. The van der Waals surface area contributed by atoms with Gasteiger partial charge in [0.15, 0.2) is 0 Å². The second-order valence-corrected chi connectivity index (χ2v) is 5.37. The van der Waals surface area contributed by atoms with Crippen LogP contribution >= 0.6 is 0 Å². The van der Waals surface area contributed by atoms with Crippen molar-refractivity contribution < 1.29 is 14.7 Å². The Morgan fingerprint density at radius 2 is 1.67 bits per heavy atom. The number of nitrogens with one attached hydrogen (secondary N) is 1. The maximum atomic E-state index is 12.0. The molecule has 0 heterocycles. The van der Waals surface area contributed by atoms with Crippen LogP contribution in [0.3, 0.4) is 0 Å². The number of aliphatic carboxylic acids is 1. The Hall–Kier alpha value is -2.28. The molecule has 0 radical (unpaired) electrons. The van der Waals surface area contributed by atoms with Crippen molar-refractivity contribution in [2.24, 2.45) is 0 Å². The summed E-state index contributed by atoms with van der Waals surface area (Å²) in [5.74, 6) is 3.75. The summed E-state index contributed by atoms with van der Waals surface area (Å²) in [6.45, 7) is 0. The highest BCUT2D eigenvalue weighted by Gasteiger charge is 2.39. The van der Waals surface area contributed by atoms with Gasteiger partial charge in [0.05, 0.1) is 0 Å². The molecule has 4 nitrogen and oxygen atoms in total. The lowest BCUT2D eigenvalue weighted by Crippen LogP contribution is -2.54. The van der Waals surface area contributed by atoms with Gasteiger partial charge < -0.3 is 10.4 Å². The van der Waals surface area contributed by atoms with E-state index in [1.54, 1.807) is 12.1 Å². The lowest BCUT2D eigenvalue weighted by Gasteiger charge is -2.28. The highest BCUT2D eigenvalue weighted by Crippen LogP contribution is 2.27. The van der Waals surface area contributed by atoms with Crippen LogP contribution in [0, 0.1) is 11.8 Å². The van der Waals surface area contributed by atoms with Gasteiger partial charge in [-0.1, -0.05) is 49.8 Å². The van der Waals surface area contributed by atoms with Crippen LogP contribution in [0.15, 0.2) is 30.3 Å². The standard InChI is InChI=1S/C17H19NO3/c19-15(11-10-14-8-4-3-5-9-14)18-17(16(20)21)12-6-1-2-7-13-17/h3-5,8-9H,1-2,6-7,12-13H2,(H,18,19)(H,20,21). The highest BCUT2D eigenvalue weighted by molar-refractivity contribution is 5.97. The van der Waals surface area contributed by atoms with Crippen molar-refractivity contribution in [1.82, 2.24) is 5.32 Å². The number of carbonyl (C=O) groups excluding carboxylic acids is 1. The van der Waals surface area contributed by atoms with Crippen molar-refractivity contribution in [3.8, 4) is 11.8 Å². The minimum atomic E-state index is -1.15. The van der Waals surface area contributed by atoms with E-state index in [1.807, 2.05) is 18.2 Å². The number of carbonyl (C=O) groups is 2. The average Bonchev–Trinajstić information content (AvgIpc) is 2.73. The molecular formula is C17H19NO3. The molecule has 0 bridgehead atoms. The monoisotopic (exact) mass is 285 g/mol. The van der Waals surface area contributed by atoms with E-state index < -0.39 is 17.4 Å². The first-order chi connectivity index (χ1) is 10.1. The smallest absolute Gasteiger partial charge is 0.329 e. The first-order valence-corrected chi connectivity index (χ1v) is 7.25. The van der Waals surface area contributed by atoms with Gasteiger partial charge in [0, 0.05) is 11.5 Å². The Morgan fingerprint density at radius 1 is 1.05 bits per heavy atom. The fourth-order valence-corrected chi connectivity index (χ4v) is 2.62. The van der Waals surface area contributed by atoms with Gasteiger partial charge in [-0.3, -0.25) is 4.79 Å². The number of hydrogen-bond acceptors (Lipinski definition) is 2.